The average Bonchev–Trinajstić information content (AvgIpc) is 2.82. The van der Waals surface area contributed by atoms with Crippen molar-refractivity contribution in [1.82, 2.24) is 9.55 Å². The Hall–Kier alpha value is -2.01. The van der Waals surface area contributed by atoms with Gasteiger partial charge in [-0.15, -0.1) is 11.6 Å². The van der Waals surface area contributed by atoms with Crippen molar-refractivity contribution in [3.05, 3.63) is 59.2 Å². The number of rotatable bonds is 2. The van der Waals surface area contributed by atoms with E-state index in [-0.39, 0.29) is 11.4 Å². The third kappa shape index (κ3) is 2.17. The maximum atomic E-state index is 14.2. The van der Waals surface area contributed by atoms with Gasteiger partial charge in [0, 0.05) is 0 Å². The number of fused-ring (bicyclic) bond motifs is 1. The molecular weight excluding hydrogens is 301 g/mol. The van der Waals surface area contributed by atoms with Crippen molar-refractivity contribution in [2.75, 3.05) is 0 Å². The molecule has 0 aliphatic carbocycles. The van der Waals surface area contributed by atoms with Gasteiger partial charge in [-0.25, -0.2) is 18.2 Å². The second-order valence-electron chi connectivity index (χ2n) is 4.66. The number of nitrogens with zero attached hydrogens (tertiary/aromatic N) is 2. The number of alkyl halides is 1. The van der Waals surface area contributed by atoms with E-state index < -0.39 is 17.5 Å². The summed E-state index contributed by atoms with van der Waals surface area (Å²) in [6.07, 6.45) is 0. The molecule has 0 unspecified atom stereocenters. The van der Waals surface area contributed by atoms with Gasteiger partial charge in [0.05, 0.1) is 17.1 Å². The SMILES string of the molecule is Cc1cc(F)ccc1-n1c(CCl)nc2ccc(F)c(F)c21. The molecule has 1 aromatic heterocycles. The lowest BCUT2D eigenvalue weighted by Crippen LogP contribution is -2.03. The van der Waals surface area contributed by atoms with E-state index in [0.29, 0.717) is 22.6 Å². The lowest BCUT2D eigenvalue weighted by molar-refractivity contribution is 0.514. The lowest BCUT2D eigenvalue weighted by atomic mass is 10.2. The fourth-order valence-electron chi connectivity index (χ4n) is 2.37. The Morgan fingerprint density at radius 1 is 1.14 bits per heavy atom. The smallest absolute Gasteiger partial charge is 0.185 e. The van der Waals surface area contributed by atoms with Gasteiger partial charge >= 0.3 is 0 Å². The molecule has 0 saturated heterocycles. The molecule has 0 atom stereocenters. The summed E-state index contributed by atoms with van der Waals surface area (Å²) in [4.78, 5) is 4.20. The molecule has 0 N–H and O–H groups in total. The largest absolute Gasteiger partial charge is 0.292 e. The van der Waals surface area contributed by atoms with Gasteiger partial charge in [-0.1, -0.05) is 0 Å². The number of imidazole rings is 1. The predicted molar refractivity (Wildman–Crippen MR) is 75.2 cm³/mol. The maximum absolute atomic E-state index is 14.2. The van der Waals surface area contributed by atoms with Crippen LogP contribution in [-0.2, 0) is 5.88 Å². The summed E-state index contributed by atoms with van der Waals surface area (Å²) in [5.74, 6) is -1.98. The van der Waals surface area contributed by atoms with Crippen molar-refractivity contribution in [1.29, 1.82) is 0 Å². The summed E-state index contributed by atoms with van der Waals surface area (Å²) in [5, 5.41) is 0. The normalized spacial score (nSPS) is 11.3. The van der Waals surface area contributed by atoms with Crippen molar-refractivity contribution in [2.45, 2.75) is 12.8 Å². The van der Waals surface area contributed by atoms with Crippen LogP contribution in [0, 0.1) is 24.4 Å². The van der Waals surface area contributed by atoms with Gasteiger partial charge < -0.3 is 0 Å². The molecule has 108 valence electrons. The molecule has 0 amide bonds. The zero-order chi connectivity index (χ0) is 15.1. The molecule has 0 bridgehead atoms. The van der Waals surface area contributed by atoms with Crippen molar-refractivity contribution >= 4 is 22.6 Å². The van der Waals surface area contributed by atoms with E-state index in [1.54, 1.807) is 6.92 Å². The zero-order valence-corrected chi connectivity index (χ0v) is 11.8. The van der Waals surface area contributed by atoms with Crippen LogP contribution in [0.2, 0.25) is 0 Å². The van der Waals surface area contributed by atoms with Gasteiger partial charge in [-0.3, -0.25) is 4.57 Å². The summed E-state index contributed by atoms with van der Waals surface area (Å²) >= 11 is 5.86. The Kier molecular flexibility index (Phi) is 3.37. The maximum Gasteiger partial charge on any atom is 0.185 e. The predicted octanol–water partition coefficient (Wildman–Crippen LogP) is 4.49. The summed E-state index contributed by atoms with van der Waals surface area (Å²) in [7, 11) is 0. The van der Waals surface area contributed by atoms with Gasteiger partial charge in [0.25, 0.3) is 0 Å². The van der Waals surface area contributed by atoms with Gasteiger partial charge in [0.15, 0.2) is 11.6 Å². The van der Waals surface area contributed by atoms with Gasteiger partial charge in [-0.2, -0.15) is 0 Å². The molecule has 3 rings (SSSR count). The molecule has 0 radical (unpaired) electrons. The van der Waals surface area contributed by atoms with Gasteiger partial charge in [0.2, 0.25) is 0 Å². The van der Waals surface area contributed by atoms with Crippen molar-refractivity contribution in [2.24, 2.45) is 0 Å². The van der Waals surface area contributed by atoms with E-state index >= 15 is 0 Å². The fourth-order valence-corrected chi connectivity index (χ4v) is 2.55. The Bertz CT molecular complexity index is 843. The molecule has 1 heterocycles. The third-order valence-corrected chi connectivity index (χ3v) is 3.54. The zero-order valence-electron chi connectivity index (χ0n) is 11.0. The summed E-state index contributed by atoms with van der Waals surface area (Å²) < 4.78 is 42.3. The Morgan fingerprint density at radius 2 is 1.90 bits per heavy atom. The molecular formula is C15H10ClF3N2. The Labute approximate surface area is 123 Å². The number of benzene rings is 2. The number of aryl methyl sites for hydroxylation is 1. The van der Waals surface area contributed by atoms with Crippen molar-refractivity contribution in [3.63, 3.8) is 0 Å². The quantitative estimate of drug-likeness (QED) is 0.638. The molecule has 21 heavy (non-hydrogen) atoms. The second-order valence-corrected chi connectivity index (χ2v) is 4.92. The Morgan fingerprint density at radius 3 is 2.57 bits per heavy atom. The fraction of sp³-hybridized carbons (Fsp3) is 0.133. The first-order valence-corrected chi connectivity index (χ1v) is 6.74. The van der Waals surface area contributed by atoms with Gasteiger partial charge in [-0.05, 0) is 42.8 Å². The highest BCUT2D eigenvalue weighted by atomic mass is 35.5. The topological polar surface area (TPSA) is 17.8 Å². The van der Waals surface area contributed by atoms with E-state index in [9.17, 15) is 13.2 Å². The van der Waals surface area contributed by atoms with E-state index in [0.717, 1.165) is 6.07 Å². The van der Waals surface area contributed by atoms with Crippen LogP contribution in [0.15, 0.2) is 30.3 Å². The minimum absolute atomic E-state index is 0.000332. The molecule has 0 spiro atoms. The molecule has 6 heteroatoms. The first-order valence-electron chi connectivity index (χ1n) is 6.20. The number of aromatic nitrogens is 2. The second kappa shape index (κ2) is 5.07. The summed E-state index contributed by atoms with van der Waals surface area (Å²) in [6.45, 7) is 1.68. The monoisotopic (exact) mass is 310 g/mol. The standard InChI is InChI=1S/C15H10ClF3N2/c1-8-6-9(17)2-5-12(8)21-13(7-16)20-11-4-3-10(18)14(19)15(11)21/h2-6H,7H2,1H3. The van der Waals surface area contributed by atoms with Crippen LogP contribution in [0.25, 0.3) is 16.7 Å². The molecule has 3 aromatic rings. The first-order chi connectivity index (χ1) is 10.0. The molecule has 0 aliphatic heterocycles. The van der Waals surface area contributed by atoms with Crippen LogP contribution >= 0.6 is 11.6 Å². The summed E-state index contributed by atoms with van der Waals surface area (Å²) in [6, 6.07) is 6.47. The lowest BCUT2D eigenvalue weighted by Gasteiger charge is -2.11. The molecule has 0 fully saturated rings. The summed E-state index contributed by atoms with van der Waals surface area (Å²) in [5.41, 5.74) is 1.39. The molecule has 0 aliphatic rings. The third-order valence-electron chi connectivity index (χ3n) is 3.30. The Balaban J connectivity index is 2.42. The number of hydrogen-bond acceptors (Lipinski definition) is 1. The number of hydrogen-bond donors (Lipinski definition) is 0. The van der Waals surface area contributed by atoms with Crippen molar-refractivity contribution in [3.8, 4) is 5.69 Å². The highest BCUT2D eigenvalue weighted by Gasteiger charge is 2.19. The minimum Gasteiger partial charge on any atom is -0.292 e. The van der Waals surface area contributed by atoms with Crippen LogP contribution in [0.1, 0.15) is 11.4 Å². The van der Waals surface area contributed by atoms with E-state index in [4.69, 9.17) is 11.6 Å². The van der Waals surface area contributed by atoms with E-state index in [1.807, 2.05) is 0 Å². The first kappa shape index (κ1) is 13.9. The van der Waals surface area contributed by atoms with E-state index in [2.05, 4.69) is 4.98 Å². The average molecular weight is 311 g/mol. The van der Waals surface area contributed by atoms with Crippen LogP contribution in [0.4, 0.5) is 13.2 Å². The van der Waals surface area contributed by atoms with Crippen LogP contribution in [0.5, 0.6) is 0 Å². The van der Waals surface area contributed by atoms with Crippen molar-refractivity contribution < 1.29 is 13.2 Å². The van der Waals surface area contributed by atoms with Crippen LogP contribution < -0.4 is 0 Å². The molecule has 2 aromatic carbocycles. The molecule has 0 saturated carbocycles. The highest BCUT2D eigenvalue weighted by molar-refractivity contribution is 6.17. The van der Waals surface area contributed by atoms with Crippen LogP contribution in [0.3, 0.4) is 0 Å². The van der Waals surface area contributed by atoms with E-state index in [1.165, 1.54) is 28.8 Å². The number of halogens is 4. The molecule has 2 nitrogen and oxygen atoms in total. The van der Waals surface area contributed by atoms with Gasteiger partial charge in [0.1, 0.15) is 17.2 Å². The van der Waals surface area contributed by atoms with Crippen LogP contribution in [-0.4, -0.2) is 9.55 Å². The highest BCUT2D eigenvalue weighted by Crippen LogP contribution is 2.28. The minimum atomic E-state index is -1.000.